The van der Waals surface area contributed by atoms with Gasteiger partial charge in [-0.05, 0) is 38.1 Å². The van der Waals surface area contributed by atoms with Gasteiger partial charge in [-0.25, -0.2) is 8.78 Å². The zero-order valence-corrected chi connectivity index (χ0v) is 9.63. The number of rotatable bonds is 3. The van der Waals surface area contributed by atoms with Gasteiger partial charge in [-0.2, -0.15) is 0 Å². The lowest BCUT2D eigenvalue weighted by molar-refractivity contribution is 0.464. The molecule has 0 aliphatic rings. The fourth-order valence-electron chi connectivity index (χ4n) is 1.61. The van der Waals surface area contributed by atoms with E-state index in [2.05, 4.69) is 5.32 Å². The molecule has 2 rings (SSSR count). The first kappa shape index (κ1) is 11.6. The smallest absolute Gasteiger partial charge is 0.181 e. The van der Waals surface area contributed by atoms with Gasteiger partial charge < -0.3 is 9.73 Å². The lowest BCUT2D eigenvalue weighted by Gasteiger charge is -2.13. The number of furan rings is 1. The highest BCUT2D eigenvalue weighted by molar-refractivity contribution is 5.46. The summed E-state index contributed by atoms with van der Waals surface area (Å²) in [5, 5.41) is 2.87. The molecule has 0 saturated heterocycles. The first-order chi connectivity index (χ1) is 8.08. The first-order valence-electron chi connectivity index (χ1n) is 5.35. The van der Waals surface area contributed by atoms with E-state index in [0.29, 0.717) is 5.76 Å². The monoisotopic (exact) mass is 237 g/mol. The quantitative estimate of drug-likeness (QED) is 0.871. The van der Waals surface area contributed by atoms with E-state index in [9.17, 15) is 8.78 Å². The molecule has 90 valence electrons. The molecule has 0 spiro atoms. The zero-order chi connectivity index (χ0) is 12.4. The predicted octanol–water partition coefficient (Wildman–Crippen LogP) is 4.04. The van der Waals surface area contributed by atoms with Crippen molar-refractivity contribution >= 4 is 5.69 Å². The van der Waals surface area contributed by atoms with E-state index < -0.39 is 11.6 Å². The number of hydrogen-bond donors (Lipinski definition) is 1. The Hall–Kier alpha value is -1.84. The maximum absolute atomic E-state index is 13.4. The van der Waals surface area contributed by atoms with E-state index in [-0.39, 0.29) is 11.7 Å². The molecule has 0 aliphatic carbocycles. The van der Waals surface area contributed by atoms with E-state index >= 15 is 0 Å². The van der Waals surface area contributed by atoms with Gasteiger partial charge in [0.2, 0.25) is 0 Å². The second-order valence-corrected chi connectivity index (χ2v) is 3.92. The van der Waals surface area contributed by atoms with Crippen LogP contribution in [0.15, 0.2) is 34.7 Å². The second kappa shape index (κ2) is 4.57. The summed E-state index contributed by atoms with van der Waals surface area (Å²) in [6.45, 7) is 3.65. The van der Waals surface area contributed by atoms with Gasteiger partial charge in [0, 0.05) is 0 Å². The molecule has 17 heavy (non-hydrogen) atoms. The third-order valence-electron chi connectivity index (χ3n) is 2.51. The van der Waals surface area contributed by atoms with Crippen molar-refractivity contribution in [3.8, 4) is 0 Å². The average Bonchev–Trinajstić information content (AvgIpc) is 2.72. The van der Waals surface area contributed by atoms with Gasteiger partial charge in [-0.1, -0.05) is 6.07 Å². The molecule has 0 fully saturated rings. The Morgan fingerprint density at radius 1 is 1.18 bits per heavy atom. The third-order valence-corrected chi connectivity index (χ3v) is 2.51. The van der Waals surface area contributed by atoms with Crippen LogP contribution in [0, 0.1) is 18.6 Å². The van der Waals surface area contributed by atoms with Gasteiger partial charge in [0.1, 0.15) is 11.5 Å². The van der Waals surface area contributed by atoms with Crippen LogP contribution in [-0.2, 0) is 0 Å². The minimum atomic E-state index is -0.873. The highest BCUT2D eigenvalue weighted by Crippen LogP contribution is 2.24. The van der Waals surface area contributed by atoms with Gasteiger partial charge in [0.25, 0.3) is 0 Å². The second-order valence-electron chi connectivity index (χ2n) is 3.92. The van der Waals surface area contributed by atoms with Crippen LogP contribution in [0.25, 0.3) is 0 Å². The number of hydrogen-bond acceptors (Lipinski definition) is 2. The Morgan fingerprint density at radius 2 is 1.94 bits per heavy atom. The standard InChI is InChI=1S/C13H13F2NO/c1-8-6-7-12(17-8)9(2)16-11-5-3-4-10(14)13(11)15/h3-7,9,16H,1-2H3. The summed E-state index contributed by atoms with van der Waals surface area (Å²) >= 11 is 0. The minimum Gasteiger partial charge on any atom is -0.464 e. The number of aryl methyl sites for hydroxylation is 1. The third kappa shape index (κ3) is 2.46. The number of halogens is 2. The SMILES string of the molecule is Cc1ccc(C(C)Nc2cccc(F)c2F)o1. The lowest BCUT2D eigenvalue weighted by Crippen LogP contribution is -2.07. The van der Waals surface area contributed by atoms with Crippen molar-refractivity contribution in [2.45, 2.75) is 19.9 Å². The number of benzene rings is 1. The van der Waals surface area contributed by atoms with Crippen LogP contribution in [0.2, 0.25) is 0 Å². The topological polar surface area (TPSA) is 25.2 Å². The van der Waals surface area contributed by atoms with Crippen LogP contribution in [-0.4, -0.2) is 0 Å². The van der Waals surface area contributed by atoms with Gasteiger partial charge in [-0.15, -0.1) is 0 Å². The molecule has 0 aliphatic heterocycles. The van der Waals surface area contributed by atoms with Crippen LogP contribution in [0.5, 0.6) is 0 Å². The van der Waals surface area contributed by atoms with E-state index in [4.69, 9.17) is 4.42 Å². The minimum absolute atomic E-state index is 0.131. The molecule has 0 saturated carbocycles. The summed E-state index contributed by atoms with van der Waals surface area (Å²) in [6, 6.07) is 7.45. The van der Waals surface area contributed by atoms with Crippen molar-refractivity contribution in [3.63, 3.8) is 0 Å². The van der Waals surface area contributed by atoms with Crippen LogP contribution >= 0.6 is 0 Å². The van der Waals surface area contributed by atoms with Gasteiger partial charge in [-0.3, -0.25) is 0 Å². The Kier molecular flexibility index (Phi) is 3.13. The molecule has 4 heteroatoms. The highest BCUT2D eigenvalue weighted by Gasteiger charge is 2.13. The molecule has 2 nitrogen and oxygen atoms in total. The summed E-state index contributed by atoms with van der Waals surface area (Å²) < 4.78 is 31.8. The fraction of sp³-hybridized carbons (Fsp3) is 0.231. The Balaban J connectivity index is 2.18. The molecule has 1 heterocycles. The summed E-state index contributed by atoms with van der Waals surface area (Å²) in [5.74, 6) is -0.264. The summed E-state index contributed by atoms with van der Waals surface area (Å²) in [7, 11) is 0. The number of anilines is 1. The largest absolute Gasteiger partial charge is 0.464 e. The molecule has 2 aromatic rings. The van der Waals surface area contributed by atoms with Crippen molar-refractivity contribution < 1.29 is 13.2 Å². The maximum atomic E-state index is 13.4. The Bertz CT molecular complexity index is 522. The van der Waals surface area contributed by atoms with Gasteiger partial charge in [0.05, 0.1) is 11.7 Å². The summed E-state index contributed by atoms with van der Waals surface area (Å²) in [5.41, 5.74) is 0.131. The molecule has 1 aromatic heterocycles. The van der Waals surface area contributed by atoms with Crippen molar-refractivity contribution in [2.24, 2.45) is 0 Å². The molecule has 0 bridgehead atoms. The first-order valence-corrected chi connectivity index (χ1v) is 5.35. The van der Waals surface area contributed by atoms with Crippen LogP contribution < -0.4 is 5.32 Å². The fourth-order valence-corrected chi connectivity index (χ4v) is 1.61. The summed E-state index contributed by atoms with van der Waals surface area (Å²) in [6.07, 6.45) is 0. The normalized spacial score (nSPS) is 12.5. The number of nitrogens with one attached hydrogen (secondary N) is 1. The zero-order valence-electron chi connectivity index (χ0n) is 9.63. The van der Waals surface area contributed by atoms with E-state index in [1.165, 1.54) is 12.1 Å². The highest BCUT2D eigenvalue weighted by atomic mass is 19.2. The molecule has 0 amide bonds. The van der Waals surface area contributed by atoms with Crippen molar-refractivity contribution in [2.75, 3.05) is 5.32 Å². The summed E-state index contributed by atoms with van der Waals surface area (Å²) in [4.78, 5) is 0. The molecular weight excluding hydrogens is 224 g/mol. The van der Waals surface area contributed by atoms with Gasteiger partial charge >= 0.3 is 0 Å². The molecule has 1 aromatic carbocycles. The van der Waals surface area contributed by atoms with Crippen molar-refractivity contribution in [1.29, 1.82) is 0 Å². The molecule has 1 atom stereocenters. The molecule has 1 N–H and O–H groups in total. The van der Waals surface area contributed by atoms with E-state index in [1.54, 1.807) is 0 Å². The lowest BCUT2D eigenvalue weighted by atomic mass is 10.2. The maximum Gasteiger partial charge on any atom is 0.181 e. The Labute approximate surface area is 98.3 Å². The Morgan fingerprint density at radius 3 is 2.59 bits per heavy atom. The van der Waals surface area contributed by atoms with Crippen LogP contribution in [0.3, 0.4) is 0 Å². The van der Waals surface area contributed by atoms with Crippen LogP contribution in [0.4, 0.5) is 14.5 Å². The molecular formula is C13H13F2NO. The van der Waals surface area contributed by atoms with Crippen molar-refractivity contribution in [1.82, 2.24) is 0 Å². The molecule has 1 unspecified atom stereocenters. The van der Waals surface area contributed by atoms with Crippen LogP contribution in [0.1, 0.15) is 24.5 Å². The van der Waals surface area contributed by atoms with E-state index in [1.807, 2.05) is 26.0 Å². The predicted molar refractivity (Wildman–Crippen MR) is 61.8 cm³/mol. The average molecular weight is 237 g/mol. The molecule has 0 radical (unpaired) electrons. The van der Waals surface area contributed by atoms with Gasteiger partial charge in [0.15, 0.2) is 11.6 Å². The van der Waals surface area contributed by atoms with Crippen molar-refractivity contribution in [3.05, 3.63) is 53.5 Å². The van der Waals surface area contributed by atoms with E-state index in [0.717, 1.165) is 11.8 Å².